The Bertz CT molecular complexity index is 1200. The summed E-state index contributed by atoms with van der Waals surface area (Å²) in [7, 11) is 2.80. The fourth-order valence-corrected chi connectivity index (χ4v) is 4.98. The molecule has 1 aliphatic carbocycles. The first kappa shape index (κ1) is 24.3. The van der Waals surface area contributed by atoms with E-state index in [2.05, 4.69) is 31.9 Å². The van der Waals surface area contributed by atoms with Crippen molar-refractivity contribution in [1.82, 2.24) is 0 Å². The van der Waals surface area contributed by atoms with Gasteiger partial charge in [-0.3, -0.25) is 4.79 Å². The number of hydrogen-bond acceptors (Lipinski definition) is 7. The number of benzene rings is 2. The first-order chi connectivity index (χ1) is 16.3. The molecule has 7 nitrogen and oxygen atoms in total. The maximum Gasteiger partial charge on any atom is 0.340 e. The molecule has 34 heavy (non-hydrogen) atoms. The maximum absolute atomic E-state index is 13.0. The van der Waals surface area contributed by atoms with Crippen LogP contribution in [0.15, 0.2) is 68.1 Å². The minimum absolute atomic E-state index is 0.0632. The van der Waals surface area contributed by atoms with Crippen molar-refractivity contribution in [2.75, 3.05) is 14.2 Å². The van der Waals surface area contributed by atoms with Gasteiger partial charge in [-0.15, -0.1) is 0 Å². The molecule has 0 amide bonds. The van der Waals surface area contributed by atoms with Crippen LogP contribution in [0.5, 0.6) is 11.5 Å². The highest BCUT2D eigenvalue weighted by molar-refractivity contribution is 9.10. The summed E-state index contributed by atoms with van der Waals surface area (Å²) >= 11 is 7.03. The molecule has 0 radical (unpaired) electrons. The van der Waals surface area contributed by atoms with Gasteiger partial charge in [-0.05, 0) is 41.8 Å². The van der Waals surface area contributed by atoms with Crippen molar-refractivity contribution in [3.8, 4) is 11.5 Å². The molecule has 0 fully saturated rings. The van der Waals surface area contributed by atoms with E-state index in [1.165, 1.54) is 14.2 Å². The number of ether oxygens (including phenoxy) is 4. The average Bonchev–Trinajstić information content (AvgIpc) is 2.82. The SMILES string of the molecule is COC(=O)C1=C(N)OC2=C(C(=O)CCC2)[C@H]1c1cc(OC)c(OCc2ccc(Br)cc2)cc1Br. The molecule has 9 heteroatoms. The molecule has 0 saturated carbocycles. The fraction of sp³-hybridized carbons (Fsp3) is 0.280. The topological polar surface area (TPSA) is 97.1 Å². The molecule has 0 bridgehead atoms. The highest BCUT2D eigenvalue weighted by Crippen LogP contribution is 2.48. The molecular formula is C25H23Br2NO6. The van der Waals surface area contributed by atoms with Gasteiger partial charge in [0.25, 0.3) is 0 Å². The van der Waals surface area contributed by atoms with Crippen molar-refractivity contribution < 1.29 is 28.5 Å². The van der Waals surface area contributed by atoms with Gasteiger partial charge in [0.05, 0.1) is 20.1 Å². The van der Waals surface area contributed by atoms with Crippen molar-refractivity contribution >= 4 is 43.6 Å². The van der Waals surface area contributed by atoms with Crippen LogP contribution >= 0.6 is 31.9 Å². The molecule has 1 heterocycles. The lowest BCUT2D eigenvalue weighted by Gasteiger charge is -2.33. The van der Waals surface area contributed by atoms with E-state index in [9.17, 15) is 9.59 Å². The van der Waals surface area contributed by atoms with Crippen LogP contribution < -0.4 is 15.2 Å². The summed E-state index contributed by atoms with van der Waals surface area (Å²) < 4.78 is 23.9. The van der Waals surface area contributed by atoms with E-state index < -0.39 is 11.9 Å². The summed E-state index contributed by atoms with van der Waals surface area (Å²) in [5, 5.41) is 0. The lowest BCUT2D eigenvalue weighted by Crippen LogP contribution is -2.31. The normalized spacial score (nSPS) is 17.8. The number of rotatable bonds is 6. The molecular weight excluding hydrogens is 570 g/mol. The molecule has 2 aliphatic rings. The number of esters is 1. The molecule has 2 aromatic carbocycles. The zero-order valence-electron chi connectivity index (χ0n) is 18.7. The van der Waals surface area contributed by atoms with E-state index in [1.54, 1.807) is 12.1 Å². The molecule has 1 atom stereocenters. The smallest absolute Gasteiger partial charge is 0.340 e. The number of nitrogens with two attached hydrogens (primary N) is 1. The van der Waals surface area contributed by atoms with Gasteiger partial charge in [0, 0.05) is 27.4 Å². The van der Waals surface area contributed by atoms with Crippen molar-refractivity contribution in [3.05, 3.63) is 79.3 Å². The monoisotopic (exact) mass is 591 g/mol. The highest BCUT2D eigenvalue weighted by Gasteiger charge is 2.42. The predicted molar refractivity (Wildman–Crippen MR) is 132 cm³/mol. The fourth-order valence-electron chi connectivity index (χ4n) is 4.16. The Balaban J connectivity index is 1.76. The Hall–Kier alpha value is -2.78. The van der Waals surface area contributed by atoms with Crippen LogP contribution in [0.25, 0.3) is 0 Å². The third-order valence-electron chi connectivity index (χ3n) is 5.79. The number of carbonyl (C=O) groups excluding carboxylic acids is 2. The molecule has 178 valence electrons. The van der Waals surface area contributed by atoms with Gasteiger partial charge in [-0.2, -0.15) is 0 Å². The molecule has 1 aliphatic heterocycles. The zero-order valence-corrected chi connectivity index (χ0v) is 21.8. The number of hydrogen-bond donors (Lipinski definition) is 1. The van der Waals surface area contributed by atoms with Gasteiger partial charge in [0.15, 0.2) is 17.3 Å². The van der Waals surface area contributed by atoms with E-state index in [4.69, 9.17) is 24.7 Å². The van der Waals surface area contributed by atoms with Crippen LogP contribution in [0.1, 0.15) is 36.3 Å². The summed E-state index contributed by atoms with van der Waals surface area (Å²) in [6.07, 6.45) is 1.60. The number of methoxy groups -OCH3 is 2. The van der Waals surface area contributed by atoms with Gasteiger partial charge in [-0.25, -0.2) is 4.79 Å². The van der Waals surface area contributed by atoms with Crippen molar-refractivity contribution in [3.63, 3.8) is 0 Å². The van der Waals surface area contributed by atoms with Crippen molar-refractivity contribution in [2.45, 2.75) is 31.8 Å². The average molecular weight is 593 g/mol. The van der Waals surface area contributed by atoms with E-state index in [1.807, 2.05) is 24.3 Å². The Labute approximate surface area is 214 Å². The quantitative estimate of drug-likeness (QED) is 0.457. The van der Waals surface area contributed by atoms with Crippen molar-refractivity contribution in [1.29, 1.82) is 0 Å². The first-order valence-corrected chi connectivity index (χ1v) is 12.2. The molecule has 0 saturated heterocycles. The number of ketones is 1. The molecule has 2 N–H and O–H groups in total. The van der Waals surface area contributed by atoms with Crippen LogP contribution in [0.4, 0.5) is 0 Å². The van der Waals surface area contributed by atoms with Gasteiger partial charge in [0.2, 0.25) is 5.88 Å². The standard InChI is InChI=1S/C25H23Br2NO6/c1-31-19-10-15(16(27)11-20(19)33-12-13-6-8-14(26)9-7-13)21-22-17(29)4-3-5-18(22)34-24(28)23(21)25(30)32-2/h6-11,21H,3-5,12,28H2,1-2H3/t21-/m1/s1. The number of carbonyl (C=O) groups is 2. The summed E-state index contributed by atoms with van der Waals surface area (Å²) in [5.41, 5.74) is 8.27. The molecule has 0 aromatic heterocycles. The summed E-state index contributed by atoms with van der Waals surface area (Å²) in [4.78, 5) is 25.7. The number of halogens is 2. The van der Waals surface area contributed by atoms with Gasteiger partial charge >= 0.3 is 5.97 Å². The third-order valence-corrected chi connectivity index (χ3v) is 7.01. The Morgan fingerprint density at radius 3 is 2.53 bits per heavy atom. The second kappa shape index (κ2) is 10.2. The lowest BCUT2D eigenvalue weighted by atomic mass is 9.77. The third kappa shape index (κ3) is 4.72. The predicted octanol–water partition coefficient (Wildman–Crippen LogP) is 5.26. The lowest BCUT2D eigenvalue weighted by molar-refractivity contribution is -0.136. The summed E-state index contributed by atoms with van der Waals surface area (Å²) in [5.74, 6) is -0.105. The largest absolute Gasteiger partial charge is 0.493 e. The van der Waals surface area contributed by atoms with E-state index >= 15 is 0 Å². The molecule has 0 unspecified atom stereocenters. The van der Waals surface area contributed by atoms with Gasteiger partial charge in [-0.1, -0.05) is 44.0 Å². The highest BCUT2D eigenvalue weighted by atomic mass is 79.9. The van der Waals surface area contributed by atoms with Gasteiger partial charge < -0.3 is 24.7 Å². The Kier molecular flexibility index (Phi) is 7.33. The molecule has 0 spiro atoms. The Morgan fingerprint density at radius 1 is 1.12 bits per heavy atom. The molecule has 4 rings (SSSR count). The van der Waals surface area contributed by atoms with E-state index in [-0.39, 0.29) is 17.2 Å². The van der Waals surface area contributed by atoms with E-state index in [0.29, 0.717) is 58.7 Å². The van der Waals surface area contributed by atoms with Crippen LogP contribution in [0, 0.1) is 0 Å². The second-order valence-electron chi connectivity index (χ2n) is 7.86. The minimum atomic E-state index is -0.757. The van der Waals surface area contributed by atoms with Crippen LogP contribution in [-0.4, -0.2) is 26.0 Å². The summed E-state index contributed by atoms with van der Waals surface area (Å²) in [6, 6.07) is 11.3. The number of allylic oxidation sites excluding steroid dienone is 2. The van der Waals surface area contributed by atoms with Crippen LogP contribution in [-0.2, 0) is 25.7 Å². The zero-order chi connectivity index (χ0) is 24.4. The Morgan fingerprint density at radius 2 is 1.85 bits per heavy atom. The molecule has 2 aromatic rings. The summed E-state index contributed by atoms with van der Waals surface area (Å²) in [6.45, 7) is 0.334. The first-order valence-electron chi connectivity index (χ1n) is 10.6. The maximum atomic E-state index is 13.0. The van der Waals surface area contributed by atoms with Crippen LogP contribution in [0.3, 0.4) is 0 Å². The van der Waals surface area contributed by atoms with Crippen molar-refractivity contribution in [2.24, 2.45) is 5.73 Å². The second-order valence-corrected chi connectivity index (χ2v) is 9.63. The van der Waals surface area contributed by atoms with E-state index in [0.717, 1.165) is 10.0 Å². The van der Waals surface area contributed by atoms with Crippen LogP contribution in [0.2, 0.25) is 0 Å². The number of Topliss-reactive ketones (excluding diaryl/α,β-unsaturated/α-hetero) is 1. The minimum Gasteiger partial charge on any atom is -0.493 e. The van der Waals surface area contributed by atoms with Gasteiger partial charge in [0.1, 0.15) is 17.9 Å².